The van der Waals surface area contributed by atoms with E-state index in [0.717, 1.165) is 18.4 Å². The summed E-state index contributed by atoms with van der Waals surface area (Å²) in [6.07, 6.45) is 7.06. The molecule has 0 saturated heterocycles. The predicted molar refractivity (Wildman–Crippen MR) is 73.0 cm³/mol. The van der Waals surface area contributed by atoms with Gasteiger partial charge in [0, 0.05) is 19.0 Å². The first-order valence-corrected chi connectivity index (χ1v) is 7.88. The van der Waals surface area contributed by atoms with Crippen LogP contribution in [0.3, 0.4) is 0 Å². The van der Waals surface area contributed by atoms with E-state index in [1.807, 2.05) is 11.8 Å². The fourth-order valence-corrected chi connectivity index (χ4v) is 5.15. The third-order valence-electron chi connectivity index (χ3n) is 5.70. The number of rotatable bonds is 4. The van der Waals surface area contributed by atoms with Crippen molar-refractivity contribution in [3.8, 4) is 6.07 Å². The van der Waals surface area contributed by atoms with E-state index in [-0.39, 0.29) is 5.92 Å². The zero-order chi connectivity index (χ0) is 13.4. The molecule has 0 N–H and O–H groups in total. The number of amides is 1. The third kappa shape index (κ3) is 2.26. The molecule has 0 aromatic rings. The second-order valence-corrected chi connectivity index (χ2v) is 6.78. The Morgan fingerprint density at radius 1 is 1.16 bits per heavy atom. The maximum absolute atomic E-state index is 12.8. The van der Waals surface area contributed by atoms with E-state index in [0.29, 0.717) is 30.7 Å². The molecule has 4 aliphatic carbocycles. The van der Waals surface area contributed by atoms with E-state index in [1.54, 1.807) is 0 Å². The van der Waals surface area contributed by atoms with Gasteiger partial charge in [-0.2, -0.15) is 5.26 Å². The zero-order valence-corrected chi connectivity index (χ0v) is 11.8. The number of hydrogen-bond acceptors (Lipinski definition) is 2. The van der Waals surface area contributed by atoms with Gasteiger partial charge < -0.3 is 4.90 Å². The van der Waals surface area contributed by atoms with Gasteiger partial charge in [-0.15, -0.1) is 0 Å². The molecule has 4 bridgehead atoms. The Labute approximate surface area is 116 Å². The summed E-state index contributed by atoms with van der Waals surface area (Å²) in [4.78, 5) is 14.7. The highest BCUT2D eigenvalue weighted by molar-refractivity contribution is 5.79. The van der Waals surface area contributed by atoms with Crippen LogP contribution in [0.15, 0.2) is 0 Å². The van der Waals surface area contributed by atoms with E-state index < -0.39 is 0 Å². The second-order valence-electron chi connectivity index (χ2n) is 6.78. The zero-order valence-electron chi connectivity index (χ0n) is 11.8. The van der Waals surface area contributed by atoms with Crippen LogP contribution in [0, 0.1) is 40.9 Å². The summed E-state index contributed by atoms with van der Waals surface area (Å²) >= 11 is 0. The summed E-state index contributed by atoms with van der Waals surface area (Å²) in [6, 6.07) is 2.16. The standard InChI is InChI=1S/C16H24N2O/c1-2-18(5-3-4-17)16(19)15-13-7-11-6-12(9-13)10-14(15)8-11/h11-15H,2-3,5-10H2,1H3. The first-order chi connectivity index (χ1) is 9.22. The number of hydrogen-bond donors (Lipinski definition) is 0. The molecule has 0 heterocycles. The minimum absolute atomic E-state index is 0.284. The van der Waals surface area contributed by atoms with Crippen molar-refractivity contribution in [2.45, 2.75) is 45.4 Å². The quantitative estimate of drug-likeness (QED) is 0.780. The molecule has 104 valence electrons. The minimum Gasteiger partial charge on any atom is -0.342 e. The topological polar surface area (TPSA) is 44.1 Å². The molecule has 3 nitrogen and oxygen atoms in total. The van der Waals surface area contributed by atoms with Crippen molar-refractivity contribution in [3.05, 3.63) is 0 Å². The lowest BCUT2D eigenvalue weighted by molar-refractivity contribution is -0.148. The van der Waals surface area contributed by atoms with E-state index in [9.17, 15) is 4.79 Å². The predicted octanol–water partition coefficient (Wildman–Crippen LogP) is 2.82. The highest BCUT2D eigenvalue weighted by Gasteiger charge is 2.51. The average molecular weight is 260 g/mol. The highest BCUT2D eigenvalue weighted by atomic mass is 16.2. The normalized spacial score (nSPS) is 39.1. The van der Waals surface area contributed by atoms with Gasteiger partial charge in [0.15, 0.2) is 0 Å². The highest BCUT2D eigenvalue weighted by Crippen LogP contribution is 2.56. The van der Waals surface area contributed by atoms with Gasteiger partial charge in [0.1, 0.15) is 0 Å². The monoisotopic (exact) mass is 260 g/mol. The van der Waals surface area contributed by atoms with E-state index in [1.165, 1.54) is 32.1 Å². The molecule has 4 aliphatic rings. The molecule has 0 aromatic heterocycles. The number of nitriles is 1. The summed E-state index contributed by atoms with van der Waals surface area (Å²) in [5, 5.41) is 8.72. The number of carbonyl (C=O) groups excluding carboxylic acids is 1. The largest absolute Gasteiger partial charge is 0.342 e. The van der Waals surface area contributed by atoms with Crippen LogP contribution in [0.2, 0.25) is 0 Å². The van der Waals surface area contributed by atoms with Gasteiger partial charge in [-0.25, -0.2) is 0 Å². The van der Waals surface area contributed by atoms with Crippen molar-refractivity contribution >= 4 is 5.91 Å². The Morgan fingerprint density at radius 2 is 1.74 bits per heavy atom. The van der Waals surface area contributed by atoms with Gasteiger partial charge in [0.05, 0.1) is 12.5 Å². The molecule has 0 aromatic carbocycles. The molecule has 0 radical (unpaired) electrons. The minimum atomic E-state index is 0.284. The van der Waals surface area contributed by atoms with Gasteiger partial charge >= 0.3 is 0 Å². The van der Waals surface area contributed by atoms with Crippen LogP contribution in [0.25, 0.3) is 0 Å². The van der Waals surface area contributed by atoms with Crippen LogP contribution in [-0.2, 0) is 4.79 Å². The van der Waals surface area contributed by atoms with Gasteiger partial charge in [-0.05, 0) is 62.7 Å². The first kappa shape index (κ1) is 13.0. The lowest BCUT2D eigenvalue weighted by Crippen LogP contribution is -2.52. The first-order valence-electron chi connectivity index (χ1n) is 7.88. The smallest absolute Gasteiger partial charge is 0.226 e. The Balaban J connectivity index is 1.71. The number of nitrogens with zero attached hydrogens (tertiary/aromatic N) is 2. The van der Waals surface area contributed by atoms with Gasteiger partial charge in [0.25, 0.3) is 0 Å². The SMILES string of the molecule is CCN(CCC#N)C(=O)C1C2CC3CC(C2)CC1C3. The lowest BCUT2D eigenvalue weighted by atomic mass is 9.51. The summed E-state index contributed by atoms with van der Waals surface area (Å²) < 4.78 is 0. The van der Waals surface area contributed by atoms with Crippen molar-refractivity contribution in [2.75, 3.05) is 13.1 Å². The van der Waals surface area contributed by atoms with Crippen LogP contribution >= 0.6 is 0 Å². The van der Waals surface area contributed by atoms with Crippen molar-refractivity contribution in [3.63, 3.8) is 0 Å². The summed E-state index contributed by atoms with van der Waals surface area (Å²) in [6.45, 7) is 3.41. The number of carbonyl (C=O) groups is 1. The van der Waals surface area contributed by atoms with Crippen molar-refractivity contribution < 1.29 is 4.79 Å². The molecule has 4 rings (SSSR count). The van der Waals surface area contributed by atoms with Crippen molar-refractivity contribution in [2.24, 2.45) is 29.6 Å². The lowest BCUT2D eigenvalue weighted by Gasteiger charge is -2.54. The van der Waals surface area contributed by atoms with Crippen LogP contribution in [0.1, 0.15) is 45.4 Å². The summed E-state index contributed by atoms with van der Waals surface area (Å²) in [5.74, 6) is 3.78. The molecule has 4 fully saturated rings. The van der Waals surface area contributed by atoms with Crippen LogP contribution in [0.5, 0.6) is 0 Å². The second kappa shape index (κ2) is 5.15. The molecule has 0 spiro atoms. The Kier molecular flexibility index (Phi) is 3.52. The van der Waals surface area contributed by atoms with Crippen molar-refractivity contribution in [1.82, 2.24) is 4.90 Å². The van der Waals surface area contributed by atoms with Gasteiger partial charge in [0.2, 0.25) is 5.91 Å². The average Bonchev–Trinajstić information content (AvgIpc) is 2.38. The molecule has 1 amide bonds. The summed E-state index contributed by atoms with van der Waals surface area (Å²) in [7, 11) is 0. The van der Waals surface area contributed by atoms with E-state index in [4.69, 9.17) is 5.26 Å². The molecular formula is C16H24N2O. The fraction of sp³-hybridized carbons (Fsp3) is 0.875. The fourth-order valence-electron chi connectivity index (χ4n) is 5.15. The molecule has 0 aliphatic heterocycles. The molecule has 3 heteroatoms. The molecule has 0 atom stereocenters. The van der Waals surface area contributed by atoms with E-state index >= 15 is 0 Å². The Hall–Kier alpha value is -1.04. The van der Waals surface area contributed by atoms with Gasteiger partial charge in [-0.3, -0.25) is 4.79 Å². The molecule has 4 saturated carbocycles. The van der Waals surface area contributed by atoms with Crippen LogP contribution in [0.4, 0.5) is 0 Å². The Bertz CT molecular complexity index is 370. The van der Waals surface area contributed by atoms with E-state index in [2.05, 4.69) is 6.07 Å². The third-order valence-corrected chi connectivity index (χ3v) is 5.70. The van der Waals surface area contributed by atoms with Crippen LogP contribution in [-0.4, -0.2) is 23.9 Å². The Morgan fingerprint density at radius 3 is 2.21 bits per heavy atom. The molecular weight excluding hydrogens is 236 g/mol. The summed E-state index contributed by atoms with van der Waals surface area (Å²) in [5.41, 5.74) is 0. The molecule has 0 unspecified atom stereocenters. The van der Waals surface area contributed by atoms with Crippen molar-refractivity contribution in [1.29, 1.82) is 5.26 Å². The maximum Gasteiger partial charge on any atom is 0.226 e. The van der Waals surface area contributed by atoms with Crippen LogP contribution < -0.4 is 0 Å². The van der Waals surface area contributed by atoms with Gasteiger partial charge in [-0.1, -0.05) is 0 Å². The maximum atomic E-state index is 12.8. The molecule has 19 heavy (non-hydrogen) atoms.